The van der Waals surface area contributed by atoms with Crippen LogP contribution in [0.1, 0.15) is 53.2 Å². The normalized spacial score (nSPS) is 15.8. The van der Waals surface area contributed by atoms with Crippen LogP contribution in [0.2, 0.25) is 0 Å². The Morgan fingerprint density at radius 3 is 2.21 bits per heavy atom. The number of nitrogens with zero attached hydrogens (tertiary/aromatic N) is 2. The van der Waals surface area contributed by atoms with Crippen LogP contribution in [0.15, 0.2) is 78.9 Å². The van der Waals surface area contributed by atoms with Crippen LogP contribution in [0.5, 0.6) is 0 Å². The summed E-state index contributed by atoms with van der Waals surface area (Å²) in [6.07, 6.45) is 0.580. The zero-order valence-electron chi connectivity index (χ0n) is 19.9. The van der Waals surface area contributed by atoms with Crippen LogP contribution in [-0.2, 0) is 16.0 Å². The van der Waals surface area contributed by atoms with Gasteiger partial charge in [-0.25, -0.2) is 4.90 Å². The van der Waals surface area contributed by atoms with Crippen molar-refractivity contribution in [3.8, 4) is 0 Å². The molecule has 1 aliphatic heterocycles. The van der Waals surface area contributed by atoms with Gasteiger partial charge in [0.05, 0.1) is 12.1 Å². The molecule has 0 aliphatic carbocycles. The molecule has 0 radical (unpaired) electrons. The molecule has 1 unspecified atom stereocenters. The molecular weight excluding hydrogens is 424 g/mol. The Kier molecular flexibility index (Phi) is 6.92. The zero-order valence-corrected chi connectivity index (χ0v) is 19.9. The third-order valence-electron chi connectivity index (χ3n) is 6.36. The number of hydrogen-bond donors (Lipinski definition) is 0. The van der Waals surface area contributed by atoms with Crippen molar-refractivity contribution in [3.05, 3.63) is 101 Å². The number of carbonyl (C=O) groups excluding carboxylic acids is 3. The molecule has 3 aromatic carbocycles. The van der Waals surface area contributed by atoms with Gasteiger partial charge in [-0.1, -0.05) is 74.0 Å². The Labute approximate surface area is 201 Å². The molecule has 5 heteroatoms. The molecule has 0 saturated carbocycles. The molecule has 4 rings (SSSR count). The molecule has 1 aliphatic rings. The molecule has 0 spiro atoms. The van der Waals surface area contributed by atoms with Gasteiger partial charge < -0.3 is 4.90 Å². The van der Waals surface area contributed by atoms with Gasteiger partial charge in [-0.05, 0) is 54.7 Å². The first-order chi connectivity index (χ1) is 16.3. The summed E-state index contributed by atoms with van der Waals surface area (Å²) in [4.78, 5) is 42.8. The smallest absolute Gasteiger partial charge is 0.257 e. The maximum absolute atomic E-state index is 13.5. The van der Waals surface area contributed by atoms with Gasteiger partial charge in [-0.15, -0.1) is 0 Å². The minimum atomic E-state index is -0.824. The van der Waals surface area contributed by atoms with E-state index in [1.807, 2.05) is 73.7 Å². The zero-order chi connectivity index (χ0) is 24.2. The van der Waals surface area contributed by atoms with Crippen molar-refractivity contribution in [3.63, 3.8) is 0 Å². The van der Waals surface area contributed by atoms with E-state index in [9.17, 15) is 14.4 Å². The highest BCUT2D eigenvalue weighted by Crippen LogP contribution is 2.28. The fourth-order valence-corrected chi connectivity index (χ4v) is 4.29. The Morgan fingerprint density at radius 1 is 0.941 bits per heavy atom. The van der Waals surface area contributed by atoms with E-state index >= 15 is 0 Å². The lowest BCUT2D eigenvalue weighted by molar-refractivity contribution is -0.122. The highest BCUT2D eigenvalue weighted by molar-refractivity contribution is 6.23. The molecule has 1 heterocycles. The third-order valence-corrected chi connectivity index (χ3v) is 6.36. The number of amides is 3. The van der Waals surface area contributed by atoms with Crippen LogP contribution >= 0.6 is 0 Å². The van der Waals surface area contributed by atoms with Gasteiger partial charge in [0.1, 0.15) is 6.04 Å². The summed E-state index contributed by atoms with van der Waals surface area (Å²) in [7, 11) is 0. The number of rotatable bonds is 7. The second kappa shape index (κ2) is 10.0. The van der Waals surface area contributed by atoms with E-state index in [4.69, 9.17) is 0 Å². The monoisotopic (exact) mass is 454 g/mol. The number of aryl methyl sites for hydroxylation is 1. The molecule has 174 valence electrons. The Morgan fingerprint density at radius 2 is 1.59 bits per heavy atom. The minimum absolute atomic E-state index is 0.0167. The van der Waals surface area contributed by atoms with Crippen LogP contribution < -0.4 is 4.90 Å². The Hall–Kier alpha value is -3.73. The van der Waals surface area contributed by atoms with Gasteiger partial charge >= 0.3 is 0 Å². The summed E-state index contributed by atoms with van der Waals surface area (Å²) >= 11 is 0. The first kappa shape index (κ1) is 23.4. The minimum Gasteiger partial charge on any atom is -0.326 e. The molecule has 5 nitrogen and oxygen atoms in total. The van der Waals surface area contributed by atoms with Crippen molar-refractivity contribution in [1.82, 2.24) is 4.90 Å². The quantitative estimate of drug-likeness (QED) is 0.465. The maximum atomic E-state index is 13.5. The molecule has 1 saturated heterocycles. The van der Waals surface area contributed by atoms with E-state index in [1.54, 1.807) is 17.0 Å². The lowest BCUT2D eigenvalue weighted by Crippen LogP contribution is -2.46. The van der Waals surface area contributed by atoms with Crippen molar-refractivity contribution < 1.29 is 14.4 Å². The van der Waals surface area contributed by atoms with E-state index in [0.29, 0.717) is 30.1 Å². The van der Waals surface area contributed by atoms with E-state index in [1.165, 1.54) is 4.90 Å². The molecule has 0 aromatic heterocycles. The van der Waals surface area contributed by atoms with Gasteiger partial charge in [0.2, 0.25) is 5.91 Å². The van der Waals surface area contributed by atoms with Gasteiger partial charge in [0.25, 0.3) is 11.8 Å². The standard InChI is InChI=1S/C29H30N2O3/c1-20(2)23-13-15-25(16-14-23)31-27(32)19-26(29(31)34)30(18-17-22-7-5-4-6-8-22)28(33)24-11-9-21(3)10-12-24/h4-16,20,26H,17-19H2,1-3H3. The van der Waals surface area contributed by atoms with Crippen LogP contribution in [-0.4, -0.2) is 35.2 Å². The second-order valence-corrected chi connectivity index (χ2v) is 9.13. The molecule has 3 amide bonds. The topological polar surface area (TPSA) is 57.7 Å². The second-order valence-electron chi connectivity index (χ2n) is 9.13. The van der Waals surface area contributed by atoms with Crippen LogP contribution in [0.3, 0.4) is 0 Å². The van der Waals surface area contributed by atoms with Crippen molar-refractivity contribution in [2.45, 2.75) is 45.6 Å². The highest BCUT2D eigenvalue weighted by atomic mass is 16.2. The first-order valence-electron chi connectivity index (χ1n) is 11.7. The molecular formula is C29H30N2O3. The number of benzene rings is 3. The van der Waals surface area contributed by atoms with Gasteiger partial charge in [0.15, 0.2) is 0 Å². The largest absolute Gasteiger partial charge is 0.326 e. The van der Waals surface area contributed by atoms with E-state index < -0.39 is 6.04 Å². The Bertz CT molecular complexity index is 1170. The summed E-state index contributed by atoms with van der Waals surface area (Å²) in [6, 6.07) is 23.8. The van der Waals surface area contributed by atoms with Crippen molar-refractivity contribution in [2.24, 2.45) is 0 Å². The molecule has 3 aromatic rings. The molecule has 1 fully saturated rings. The van der Waals surface area contributed by atoms with Gasteiger partial charge in [-0.3, -0.25) is 14.4 Å². The number of hydrogen-bond acceptors (Lipinski definition) is 3. The summed E-state index contributed by atoms with van der Waals surface area (Å²) in [5, 5.41) is 0. The van der Waals surface area contributed by atoms with Crippen molar-refractivity contribution in [2.75, 3.05) is 11.4 Å². The highest BCUT2D eigenvalue weighted by Gasteiger charge is 2.44. The number of carbonyl (C=O) groups is 3. The summed E-state index contributed by atoms with van der Waals surface area (Å²) < 4.78 is 0. The first-order valence-corrected chi connectivity index (χ1v) is 11.7. The number of imide groups is 1. The molecule has 0 N–H and O–H groups in total. The maximum Gasteiger partial charge on any atom is 0.257 e. The predicted molar refractivity (Wildman–Crippen MR) is 134 cm³/mol. The summed E-state index contributed by atoms with van der Waals surface area (Å²) in [5.41, 5.74) is 4.32. The van der Waals surface area contributed by atoms with Crippen LogP contribution in [0.4, 0.5) is 5.69 Å². The van der Waals surface area contributed by atoms with Gasteiger partial charge in [0, 0.05) is 12.1 Å². The molecule has 0 bridgehead atoms. The predicted octanol–water partition coefficient (Wildman–Crippen LogP) is 5.14. The summed E-state index contributed by atoms with van der Waals surface area (Å²) in [6.45, 7) is 6.50. The van der Waals surface area contributed by atoms with Crippen molar-refractivity contribution in [1.29, 1.82) is 0 Å². The van der Waals surface area contributed by atoms with Crippen molar-refractivity contribution >= 4 is 23.4 Å². The fourth-order valence-electron chi connectivity index (χ4n) is 4.29. The van der Waals surface area contributed by atoms with E-state index in [2.05, 4.69) is 13.8 Å². The number of anilines is 1. The lowest BCUT2D eigenvalue weighted by atomic mass is 10.0. The molecule has 1 atom stereocenters. The van der Waals surface area contributed by atoms with Crippen LogP contribution in [0.25, 0.3) is 0 Å². The van der Waals surface area contributed by atoms with Crippen LogP contribution in [0, 0.1) is 6.92 Å². The average molecular weight is 455 g/mol. The SMILES string of the molecule is Cc1ccc(C(=O)N(CCc2ccccc2)C2CC(=O)N(c3ccc(C(C)C)cc3)C2=O)cc1. The lowest BCUT2D eigenvalue weighted by Gasteiger charge is -2.28. The van der Waals surface area contributed by atoms with E-state index in [0.717, 1.165) is 16.7 Å². The van der Waals surface area contributed by atoms with Gasteiger partial charge in [-0.2, -0.15) is 0 Å². The fraction of sp³-hybridized carbons (Fsp3) is 0.276. The average Bonchev–Trinajstić information content (AvgIpc) is 3.13. The van der Waals surface area contributed by atoms with E-state index in [-0.39, 0.29) is 24.1 Å². The molecule has 34 heavy (non-hydrogen) atoms. The third kappa shape index (κ3) is 4.93. The summed E-state index contributed by atoms with van der Waals surface area (Å²) in [5.74, 6) is -0.518. The Balaban J connectivity index is 1.61.